The third kappa shape index (κ3) is 2.95. The van der Waals surface area contributed by atoms with Gasteiger partial charge in [0.25, 0.3) is 5.91 Å². The molecule has 1 fully saturated rings. The van der Waals surface area contributed by atoms with Gasteiger partial charge in [-0.15, -0.1) is 0 Å². The van der Waals surface area contributed by atoms with Gasteiger partial charge in [-0.05, 0) is 26.2 Å². The second-order valence-corrected chi connectivity index (χ2v) is 5.93. The highest BCUT2D eigenvalue weighted by Gasteiger charge is 2.32. The summed E-state index contributed by atoms with van der Waals surface area (Å²) in [6.45, 7) is 4.34. The van der Waals surface area contributed by atoms with E-state index in [1.54, 1.807) is 9.58 Å². The molecule has 0 aliphatic carbocycles. The number of amides is 1. The van der Waals surface area contributed by atoms with Gasteiger partial charge in [-0.1, -0.05) is 6.92 Å². The third-order valence-corrected chi connectivity index (χ3v) is 4.20. The highest BCUT2D eigenvalue weighted by molar-refractivity contribution is 5.98. The van der Waals surface area contributed by atoms with Crippen LogP contribution in [0.4, 0.5) is 16.0 Å². The van der Waals surface area contributed by atoms with Crippen molar-refractivity contribution in [1.82, 2.24) is 19.7 Å². The van der Waals surface area contributed by atoms with E-state index in [4.69, 9.17) is 0 Å². The van der Waals surface area contributed by atoms with E-state index in [-0.39, 0.29) is 11.7 Å². The van der Waals surface area contributed by atoms with Gasteiger partial charge < -0.3 is 5.32 Å². The van der Waals surface area contributed by atoms with Crippen molar-refractivity contribution in [3.63, 3.8) is 0 Å². The maximum Gasteiger partial charge on any atom is 0.250 e. The number of aryl methyl sites for hydroxylation is 3. The molecule has 0 radical (unpaired) electrons. The summed E-state index contributed by atoms with van der Waals surface area (Å²) in [6.07, 6.45) is 3.25. The highest BCUT2D eigenvalue weighted by atomic mass is 19.1. The van der Waals surface area contributed by atoms with E-state index in [2.05, 4.69) is 20.4 Å². The molecule has 3 rings (SSSR count). The zero-order valence-corrected chi connectivity index (χ0v) is 14.1. The lowest BCUT2D eigenvalue weighted by atomic mass is 10.0. The van der Waals surface area contributed by atoms with Gasteiger partial charge in [-0.25, -0.2) is 14.4 Å². The maximum atomic E-state index is 14.3. The van der Waals surface area contributed by atoms with Crippen LogP contribution in [0.2, 0.25) is 0 Å². The smallest absolute Gasteiger partial charge is 0.250 e. The van der Waals surface area contributed by atoms with Crippen LogP contribution in [-0.4, -0.2) is 38.2 Å². The number of hydrogen-bond donors (Lipinski definition) is 1. The number of nitrogens with one attached hydrogen (secondary N) is 1. The summed E-state index contributed by atoms with van der Waals surface area (Å²) < 4.78 is 16.0. The first kappa shape index (κ1) is 16.4. The first-order chi connectivity index (χ1) is 11.5. The summed E-state index contributed by atoms with van der Waals surface area (Å²) in [7, 11) is 1.81. The van der Waals surface area contributed by atoms with Gasteiger partial charge in [-0.3, -0.25) is 14.4 Å². The fraction of sp³-hybridized carbons (Fsp3) is 0.500. The standard InChI is InChI=1S/C16H21FN6O/c1-4-11-14(17)15(19-9-18-11)20-12-6-5-7-23(16(12)24)13-8-10(2)21-22(13)3/h8-9,12H,4-7H2,1-3H3,(H,18,19,20)/t12-/m1/s1. The average Bonchev–Trinajstić information content (AvgIpc) is 2.89. The Kier molecular flexibility index (Phi) is 4.46. The number of hydrogen-bond acceptors (Lipinski definition) is 5. The summed E-state index contributed by atoms with van der Waals surface area (Å²) >= 11 is 0. The Morgan fingerprint density at radius 1 is 1.42 bits per heavy atom. The first-order valence-corrected chi connectivity index (χ1v) is 8.09. The molecule has 8 heteroatoms. The summed E-state index contributed by atoms with van der Waals surface area (Å²) in [5.41, 5.74) is 1.19. The summed E-state index contributed by atoms with van der Waals surface area (Å²) in [5.74, 6) is 0.256. The van der Waals surface area contributed by atoms with E-state index in [0.717, 1.165) is 17.9 Å². The first-order valence-electron chi connectivity index (χ1n) is 8.09. The van der Waals surface area contributed by atoms with Crippen molar-refractivity contribution in [3.05, 3.63) is 29.6 Å². The van der Waals surface area contributed by atoms with Crippen LogP contribution < -0.4 is 10.2 Å². The molecule has 1 N–H and O–H groups in total. The normalized spacial score (nSPS) is 18.1. The Labute approximate surface area is 139 Å². The van der Waals surface area contributed by atoms with Gasteiger partial charge in [0.15, 0.2) is 11.6 Å². The summed E-state index contributed by atoms with van der Waals surface area (Å²) in [4.78, 5) is 22.4. The van der Waals surface area contributed by atoms with Crippen LogP contribution in [0.3, 0.4) is 0 Å². The van der Waals surface area contributed by atoms with Crippen LogP contribution in [-0.2, 0) is 18.3 Å². The van der Waals surface area contributed by atoms with Crippen molar-refractivity contribution < 1.29 is 9.18 Å². The molecule has 1 aliphatic rings. The number of anilines is 2. The molecule has 1 saturated heterocycles. The maximum absolute atomic E-state index is 14.3. The van der Waals surface area contributed by atoms with E-state index in [1.807, 2.05) is 27.0 Å². The minimum Gasteiger partial charge on any atom is -0.356 e. The predicted octanol–water partition coefficient (Wildman–Crippen LogP) is 1.83. The minimum atomic E-state index is -0.511. The third-order valence-electron chi connectivity index (χ3n) is 4.20. The fourth-order valence-electron chi connectivity index (χ4n) is 3.00. The second-order valence-electron chi connectivity index (χ2n) is 5.93. The molecular weight excluding hydrogens is 311 g/mol. The molecule has 3 heterocycles. The molecule has 0 spiro atoms. The van der Waals surface area contributed by atoms with E-state index >= 15 is 0 Å². The number of piperidine rings is 1. The van der Waals surface area contributed by atoms with Crippen LogP contribution in [0.25, 0.3) is 0 Å². The largest absolute Gasteiger partial charge is 0.356 e. The van der Waals surface area contributed by atoms with E-state index in [0.29, 0.717) is 25.1 Å². The molecule has 2 aromatic heterocycles. The number of carbonyl (C=O) groups is 1. The molecule has 0 unspecified atom stereocenters. The van der Waals surface area contributed by atoms with Crippen LogP contribution in [0.5, 0.6) is 0 Å². The monoisotopic (exact) mass is 332 g/mol. The highest BCUT2D eigenvalue weighted by Crippen LogP contribution is 2.24. The van der Waals surface area contributed by atoms with E-state index in [9.17, 15) is 9.18 Å². The van der Waals surface area contributed by atoms with Crippen LogP contribution in [0.15, 0.2) is 12.4 Å². The Morgan fingerprint density at radius 2 is 2.21 bits per heavy atom. The van der Waals surface area contributed by atoms with Crippen LogP contribution in [0.1, 0.15) is 31.2 Å². The summed E-state index contributed by atoms with van der Waals surface area (Å²) in [6, 6.07) is 1.36. The molecule has 7 nitrogen and oxygen atoms in total. The van der Waals surface area contributed by atoms with Crippen molar-refractivity contribution in [2.24, 2.45) is 7.05 Å². The van der Waals surface area contributed by atoms with Crippen molar-refractivity contribution >= 4 is 17.5 Å². The van der Waals surface area contributed by atoms with E-state index < -0.39 is 11.9 Å². The number of nitrogens with zero attached hydrogens (tertiary/aromatic N) is 5. The quantitative estimate of drug-likeness (QED) is 0.924. The van der Waals surface area contributed by atoms with Gasteiger partial charge in [0.1, 0.15) is 18.2 Å². The van der Waals surface area contributed by atoms with Gasteiger partial charge in [0, 0.05) is 19.7 Å². The Morgan fingerprint density at radius 3 is 2.88 bits per heavy atom. The molecule has 0 aromatic carbocycles. The molecule has 0 saturated carbocycles. The SMILES string of the molecule is CCc1ncnc(N[C@@H]2CCCN(c3cc(C)nn3C)C2=O)c1F. The van der Waals surface area contributed by atoms with Crippen LogP contribution >= 0.6 is 0 Å². The fourth-order valence-corrected chi connectivity index (χ4v) is 3.00. The lowest BCUT2D eigenvalue weighted by molar-refractivity contribution is -0.120. The zero-order valence-electron chi connectivity index (χ0n) is 14.1. The Bertz CT molecular complexity index is 759. The molecule has 1 aliphatic heterocycles. The second kappa shape index (κ2) is 6.54. The zero-order chi connectivity index (χ0) is 17.3. The van der Waals surface area contributed by atoms with Crippen LogP contribution in [0, 0.1) is 12.7 Å². The topological polar surface area (TPSA) is 75.9 Å². The van der Waals surface area contributed by atoms with E-state index in [1.165, 1.54) is 6.33 Å². The van der Waals surface area contributed by atoms with Crippen molar-refractivity contribution in [2.45, 2.75) is 39.2 Å². The number of rotatable bonds is 4. The molecular formula is C16H21FN6O. The van der Waals surface area contributed by atoms with Crippen molar-refractivity contribution in [2.75, 3.05) is 16.8 Å². The lowest BCUT2D eigenvalue weighted by Crippen LogP contribution is -2.48. The van der Waals surface area contributed by atoms with Gasteiger partial charge in [0.2, 0.25) is 0 Å². The molecule has 2 aromatic rings. The van der Waals surface area contributed by atoms with Crippen molar-refractivity contribution in [3.8, 4) is 0 Å². The molecule has 128 valence electrons. The molecule has 1 amide bonds. The minimum absolute atomic E-state index is 0.0863. The summed E-state index contributed by atoms with van der Waals surface area (Å²) in [5, 5.41) is 7.24. The van der Waals surface area contributed by atoms with Crippen molar-refractivity contribution in [1.29, 1.82) is 0 Å². The predicted molar refractivity (Wildman–Crippen MR) is 88.3 cm³/mol. The molecule has 0 bridgehead atoms. The number of halogens is 1. The molecule has 24 heavy (non-hydrogen) atoms. The number of aromatic nitrogens is 4. The Balaban J connectivity index is 1.82. The van der Waals surface area contributed by atoms with Gasteiger partial charge in [-0.2, -0.15) is 5.10 Å². The Hall–Kier alpha value is -2.51. The average molecular weight is 332 g/mol. The lowest BCUT2D eigenvalue weighted by Gasteiger charge is -2.32. The van der Waals surface area contributed by atoms with Gasteiger partial charge in [0.05, 0.1) is 11.4 Å². The number of carbonyl (C=O) groups excluding carboxylic acids is 1. The molecule has 1 atom stereocenters. The van der Waals surface area contributed by atoms with Gasteiger partial charge >= 0.3 is 0 Å².